The van der Waals surface area contributed by atoms with Crippen molar-refractivity contribution >= 4 is 24.8 Å². The topological polar surface area (TPSA) is 55.2 Å². The van der Waals surface area contributed by atoms with Gasteiger partial charge in [0.05, 0.1) is 30.7 Å². The van der Waals surface area contributed by atoms with Gasteiger partial charge in [0.25, 0.3) is 5.92 Å². The fourth-order valence-corrected chi connectivity index (χ4v) is 4.03. The maximum Gasteiger partial charge on any atom is 0.280 e. The Kier molecular flexibility index (Phi) is 5.83. The zero-order valence-electron chi connectivity index (χ0n) is 16.5. The molecule has 2 aromatic heterocycles. The SMILES string of the molecule is CNC1CCN(c2cnc3c(cnn3COCC[Si](C)(C)C)c2)CC1(F)F. The molecule has 0 saturated carbocycles. The van der Waals surface area contributed by atoms with Crippen molar-refractivity contribution < 1.29 is 13.5 Å². The lowest BCUT2D eigenvalue weighted by atomic mass is 10.0. The summed E-state index contributed by atoms with van der Waals surface area (Å²) in [5, 5.41) is 7.88. The molecule has 0 amide bonds. The molecule has 1 aliphatic rings. The Morgan fingerprint density at radius 1 is 1.33 bits per heavy atom. The summed E-state index contributed by atoms with van der Waals surface area (Å²) in [7, 11) is 0.464. The number of piperidine rings is 1. The second-order valence-corrected chi connectivity index (χ2v) is 14.0. The van der Waals surface area contributed by atoms with E-state index in [4.69, 9.17) is 4.74 Å². The van der Waals surface area contributed by atoms with Crippen LogP contribution in [-0.4, -0.2) is 61.5 Å². The van der Waals surface area contributed by atoms with Crippen molar-refractivity contribution in [1.29, 1.82) is 0 Å². The summed E-state index contributed by atoms with van der Waals surface area (Å²) in [6, 6.07) is 2.20. The van der Waals surface area contributed by atoms with Crippen molar-refractivity contribution in [3.05, 3.63) is 18.5 Å². The van der Waals surface area contributed by atoms with E-state index in [1.54, 1.807) is 29.0 Å². The summed E-state index contributed by atoms with van der Waals surface area (Å²) >= 11 is 0. The smallest absolute Gasteiger partial charge is 0.280 e. The van der Waals surface area contributed by atoms with Gasteiger partial charge in [-0.05, 0) is 25.6 Å². The predicted octanol–water partition coefficient (Wildman–Crippen LogP) is 3.18. The minimum atomic E-state index is -2.77. The summed E-state index contributed by atoms with van der Waals surface area (Å²) in [5.74, 6) is -2.77. The van der Waals surface area contributed by atoms with Crippen molar-refractivity contribution in [2.75, 3.05) is 31.6 Å². The number of hydrogen-bond donors (Lipinski definition) is 1. The molecule has 0 aliphatic carbocycles. The molecule has 0 bridgehead atoms. The van der Waals surface area contributed by atoms with Gasteiger partial charge in [0.2, 0.25) is 0 Å². The first-order chi connectivity index (χ1) is 12.7. The van der Waals surface area contributed by atoms with Crippen LogP contribution < -0.4 is 10.2 Å². The van der Waals surface area contributed by atoms with Crippen molar-refractivity contribution in [1.82, 2.24) is 20.1 Å². The molecule has 1 N–H and O–H groups in total. The first-order valence-corrected chi connectivity index (χ1v) is 13.1. The Hall–Kier alpha value is -1.58. The number of pyridine rings is 1. The van der Waals surface area contributed by atoms with E-state index in [9.17, 15) is 8.78 Å². The number of ether oxygens (including phenoxy) is 1. The zero-order valence-corrected chi connectivity index (χ0v) is 17.5. The maximum atomic E-state index is 14.2. The number of nitrogens with zero attached hydrogens (tertiary/aromatic N) is 4. The van der Waals surface area contributed by atoms with Crippen molar-refractivity contribution in [2.24, 2.45) is 0 Å². The summed E-state index contributed by atoms with van der Waals surface area (Å²) in [5.41, 5.74) is 1.42. The van der Waals surface area contributed by atoms with Gasteiger partial charge >= 0.3 is 0 Å². The number of rotatable bonds is 7. The molecule has 3 heterocycles. The number of aromatic nitrogens is 3. The lowest BCUT2D eigenvalue weighted by molar-refractivity contribution is -0.0402. The van der Waals surface area contributed by atoms with Gasteiger partial charge in [0, 0.05) is 26.6 Å². The molecule has 1 fully saturated rings. The highest BCUT2D eigenvalue weighted by Crippen LogP contribution is 2.31. The zero-order chi connectivity index (χ0) is 19.7. The molecule has 2 aromatic rings. The van der Waals surface area contributed by atoms with E-state index < -0.39 is 20.0 Å². The van der Waals surface area contributed by atoms with E-state index in [0.29, 0.717) is 37.6 Å². The third kappa shape index (κ3) is 4.83. The average Bonchev–Trinajstić information content (AvgIpc) is 2.99. The molecular weight excluding hydrogens is 368 g/mol. The van der Waals surface area contributed by atoms with Crippen LogP contribution in [0.5, 0.6) is 0 Å². The third-order valence-electron chi connectivity index (χ3n) is 4.98. The highest BCUT2D eigenvalue weighted by Gasteiger charge is 2.43. The first kappa shape index (κ1) is 20.2. The van der Waals surface area contributed by atoms with E-state index in [-0.39, 0.29) is 6.54 Å². The molecule has 9 heteroatoms. The van der Waals surface area contributed by atoms with Gasteiger partial charge in [-0.15, -0.1) is 0 Å². The minimum absolute atomic E-state index is 0.306. The number of halogens is 2. The minimum Gasteiger partial charge on any atom is -0.364 e. The van der Waals surface area contributed by atoms with Crippen LogP contribution in [0.1, 0.15) is 6.42 Å². The van der Waals surface area contributed by atoms with Crippen LogP contribution in [-0.2, 0) is 11.5 Å². The van der Waals surface area contributed by atoms with Crippen LogP contribution in [0, 0.1) is 0 Å². The van der Waals surface area contributed by atoms with E-state index in [2.05, 4.69) is 35.0 Å². The van der Waals surface area contributed by atoms with Crippen LogP contribution in [0.4, 0.5) is 14.5 Å². The fourth-order valence-electron chi connectivity index (χ4n) is 3.27. The largest absolute Gasteiger partial charge is 0.364 e. The number of alkyl halides is 2. The number of anilines is 1. The van der Waals surface area contributed by atoms with Gasteiger partial charge in [-0.25, -0.2) is 18.4 Å². The Labute approximate surface area is 159 Å². The normalized spacial score (nSPS) is 20.4. The van der Waals surface area contributed by atoms with Crippen molar-refractivity contribution in [3.63, 3.8) is 0 Å². The predicted molar refractivity (Wildman–Crippen MR) is 106 cm³/mol. The average molecular weight is 398 g/mol. The van der Waals surface area contributed by atoms with Crippen molar-refractivity contribution in [3.8, 4) is 0 Å². The highest BCUT2D eigenvalue weighted by molar-refractivity contribution is 6.76. The molecule has 1 atom stereocenters. The molecule has 0 aromatic carbocycles. The first-order valence-electron chi connectivity index (χ1n) is 9.39. The maximum absolute atomic E-state index is 14.2. The Morgan fingerprint density at radius 3 is 2.78 bits per heavy atom. The molecule has 1 saturated heterocycles. The number of hydrogen-bond acceptors (Lipinski definition) is 5. The van der Waals surface area contributed by atoms with Gasteiger partial charge in [-0.1, -0.05) is 19.6 Å². The summed E-state index contributed by atoms with van der Waals surface area (Å²) in [4.78, 5) is 6.15. The lowest BCUT2D eigenvalue weighted by Gasteiger charge is -2.39. The van der Waals surface area contributed by atoms with Crippen LogP contribution in [0.3, 0.4) is 0 Å². The second kappa shape index (κ2) is 7.81. The quantitative estimate of drug-likeness (QED) is 0.574. The van der Waals surface area contributed by atoms with Gasteiger partial charge in [-0.3, -0.25) is 0 Å². The molecule has 6 nitrogen and oxygen atoms in total. The molecular formula is C18H29F2N5OSi. The Bertz CT molecular complexity index is 777. The Balaban J connectivity index is 1.67. The summed E-state index contributed by atoms with van der Waals surface area (Å²) < 4.78 is 35.9. The second-order valence-electron chi connectivity index (χ2n) is 8.41. The number of fused-ring (bicyclic) bond motifs is 1. The van der Waals surface area contributed by atoms with Gasteiger partial charge in [-0.2, -0.15) is 5.10 Å². The molecule has 0 spiro atoms. The standard InChI is InChI=1S/C18H29F2N5OSi/c1-21-16-5-6-24(12-18(16,19)20)15-9-14-10-23-25(17(14)22-11-15)13-26-7-8-27(2,3)4/h9-11,16,21H,5-8,12-13H2,1-4H3. The molecule has 150 valence electrons. The highest BCUT2D eigenvalue weighted by atomic mass is 28.3. The monoisotopic (exact) mass is 397 g/mol. The fraction of sp³-hybridized carbons (Fsp3) is 0.667. The van der Waals surface area contributed by atoms with E-state index >= 15 is 0 Å². The Morgan fingerprint density at radius 2 is 2.11 bits per heavy atom. The molecule has 27 heavy (non-hydrogen) atoms. The van der Waals surface area contributed by atoms with Crippen molar-refractivity contribution in [2.45, 2.75) is 50.8 Å². The van der Waals surface area contributed by atoms with Crippen LogP contribution in [0.2, 0.25) is 25.7 Å². The van der Waals surface area contributed by atoms with E-state index in [1.807, 2.05) is 6.07 Å². The van der Waals surface area contributed by atoms with Gasteiger partial charge < -0.3 is 15.0 Å². The molecule has 3 rings (SSSR count). The van der Waals surface area contributed by atoms with E-state index in [1.165, 1.54) is 0 Å². The van der Waals surface area contributed by atoms with Gasteiger partial charge in [0.15, 0.2) is 5.65 Å². The number of nitrogens with one attached hydrogen (secondary N) is 1. The van der Waals surface area contributed by atoms with Crippen LogP contribution in [0.25, 0.3) is 11.0 Å². The molecule has 0 radical (unpaired) electrons. The molecule has 1 unspecified atom stereocenters. The summed E-state index contributed by atoms with van der Waals surface area (Å²) in [6.07, 6.45) is 3.76. The summed E-state index contributed by atoms with van der Waals surface area (Å²) in [6.45, 7) is 8.27. The van der Waals surface area contributed by atoms with Crippen LogP contribution in [0.15, 0.2) is 18.5 Å². The third-order valence-corrected chi connectivity index (χ3v) is 6.69. The lowest BCUT2D eigenvalue weighted by Crippen LogP contribution is -2.56. The van der Waals surface area contributed by atoms with E-state index in [0.717, 1.165) is 11.4 Å². The van der Waals surface area contributed by atoms with Crippen LogP contribution >= 0.6 is 0 Å². The van der Waals surface area contributed by atoms with Gasteiger partial charge in [0.1, 0.15) is 6.73 Å². The molecule has 1 aliphatic heterocycles.